The molecule has 2 N–H and O–H groups in total. The maximum Gasteiger partial charge on any atom is 0.106 e. The van der Waals surface area contributed by atoms with Gasteiger partial charge in [0.2, 0.25) is 0 Å². The van der Waals surface area contributed by atoms with Crippen LogP contribution in [0.4, 0.5) is 0 Å². The summed E-state index contributed by atoms with van der Waals surface area (Å²) in [6.07, 6.45) is 7.25. The molecule has 94 valence electrons. The first-order valence-corrected chi connectivity index (χ1v) is 6.63. The Morgan fingerprint density at radius 2 is 1.83 bits per heavy atom. The zero-order valence-electron chi connectivity index (χ0n) is 10.6. The van der Waals surface area contributed by atoms with Gasteiger partial charge in [-0.3, -0.25) is 0 Å². The molecule has 0 fully saturated rings. The van der Waals surface area contributed by atoms with Crippen LogP contribution in [-0.4, -0.2) is 6.38 Å². The molecule has 0 unspecified atom stereocenters. The summed E-state index contributed by atoms with van der Waals surface area (Å²) in [5.41, 5.74) is 1.37. The molecule has 0 heterocycles. The van der Waals surface area contributed by atoms with Crippen LogP contribution in [0.15, 0.2) is 67.4 Å². The highest BCUT2D eigenvalue weighted by molar-refractivity contribution is 6.15. The van der Waals surface area contributed by atoms with Crippen molar-refractivity contribution in [1.82, 2.24) is 0 Å². The van der Waals surface area contributed by atoms with Crippen LogP contribution < -0.4 is 5.32 Å². The Kier molecular flexibility index (Phi) is 6.85. The second-order valence-electron chi connectivity index (χ2n) is 3.70. The number of benzene rings is 2. The molecule has 0 aliphatic rings. The Bertz CT molecular complexity index is 512. The molecule has 0 aliphatic carbocycles. The lowest BCUT2D eigenvalue weighted by atomic mass is 10.0. The number of hydrogen-bond donors (Lipinski definition) is 1. The van der Waals surface area contributed by atoms with Crippen molar-refractivity contribution in [3.63, 3.8) is 0 Å². The van der Waals surface area contributed by atoms with Crippen LogP contribution in [0.2, 0.25) is 0 Å². The average molecular weight is 261 g/mol. The summed E-state index contributed by atoms with van der Waals surface area (Å²) in [6.45, 7) is 4.61. The number of hydrogen-bond acceptors (Lipinski definition) is 0. The van der Waals surface area contributed by atoms with Crippen molar-refractivity contribution in [2.45, 2.75) is 6.54 Å². The fraction of sp³-hybridized carbons (Fsp3) is 0.125. The average Bonchev–Trinajstić information content (AvgIpc) is 2.46. The van der Waals surface area contributed by atoms with Crippen molar-refractivity contribution >= 4 is 22.4 Å². The molecule has 0 spiro atoms. The van der Waals surface area contributed by atoms with E-state index in [1.54, 1.807) is 6.08 Å². The quantitative estimate of drug-likeness (QED) is 0.641. The molecule has 0 radical (unpaired) electrons. The third kappa shape index (κ3) is 4.02. The monoisotopic (exact) mass is 260 g/mol. The Hall–Kier alpha value is -1.57. The lowest BCUT2D eigenvalue weighted by molar-refractivity contribution is -0.604. The van der Waals surface area contributed by atoms with Crippen LogP contribution >= 0.6 is 11.6 Å². The van der Waals surface area contributed by atoms with Crippen molar-refractivity contribution in [2.75, 3.05) is 6.38 Å². The van der Waals surface area contributed by atoms with Gasteiger partial charge in [0.15, 0.2) is 0 Å². The number of alkyl halides is 1. The molecule has 1 nitrogen and oxygen atoms in total. The third-order valence-corrected chi connectivity index (χ3v) is 2.60. The molecule has 0 aliphatic heterocycles. The topological polar surface area (TPSA) is 16.6 Å². The standard InChI is InChI=1S/C15H15N.CH3Cl/c1-2-3-11-16-12-14-9-6-8-13-7-4-5-10-15(13)14;1-2/h2-11,16H,1,12H2;1H3/p+1/b11-3-;. The van der Waals surface area contributed by atoms with Gasteiger partial charge in [-0.05, 0) is 16.8 Å². The highest BCUT2D eigenvalue weighted by atomic mass is 35.5. The van der Waals surface area contributed by atoms with E-state index in [2.05, 4.69) is 66.0 Å². The fourth-order valence-electron chi connectivity index (χ4n) is 1.82. The zero-order chi connectivity index (χ0) is 13.2. The Morgan fingerprint density at radius 3 is 2.61 bits per heavy atom. The van der Waals surface area contributed by atoms with Crippen molar-refractivity contribution < 1.29 is 5.32 Å². The van der Waals surface area contributed by atoms with E-state index in [0.29, 0.717) is 0 Å². The van der Waals surface area contributed by atoms with Gasteiger partial charge in [-0.25, -0.2) is 0 Å². The molecule has 0 saturated heterocycles. The van der Waals surface area contributed by atoms with Crippen molar-refractivity contribution in [3.8, 4) is 0 Å². The molecule has 2 aromatic carbocycles. The molecule has 0 atom stereocenters. The van der Waals surface area contributed by atoms with E-state index in [9.17, 15) is 0 Å². The van der Waals surface area contributed by atoms with E-state index in [1.165, 1.54) is 22.7 Å². The van der Waals surface area contributed by atoms with Crippen molar-refractivity contribution in [1.29, 1.82) is 0 Å². The Labute approximate surface area is 114 Å². The van der Waals surface area contributed by atoms with E-state index in [4.69, 9.17) is 0 Å². The van der Waals surface area contributed by atoms with E-state index in [1.807, 2.05) is 12.3 Å². The number of quaternary nitrogens is 1. The van der Waals surface area contributed by atoms with Gasteiger partial charge < -0.3 is 5.32 Å². The first-order chi connectivity index (χ1) is 8.92. The highest BCUT2D eigenvalue weighted by Gasteiger charge is 1.99. The first kappa shape index (κ1) is 14.5. The molecule has 18 heavy (non-hydrogen) atoms. The minimum Gasteiger partial charge on any atom is -0.316 e. The SMILES string of the molecule is C=C/C=C\[NH2+]Cc1cccc2ccccc12.CCl. The first-order valence-electron chi connectivity index (χ1n) is 5.87. The second kappa shape index (κ2) is 8.51. The van der Waals surface area contributed by atoms with Crippen LogP contribution in [-0.2, 0) is 6.54 Å². The molecular formula is C16H19ClN+. The molecule has 0 bridgehead atoms. The summed E-state index contributed by atoms with van der Waals surface area (Å²) in [5.74, 6) is 0. The van der Waals surface area contributed by atoms with E-state index < -0.39 is 0 Å². The summed E-state index contributed by atoms with van der Waals surface area (Å²) in [6, 6.07) is 14.9. The lowest BCUT2D eigenvalue weighted by Gasteiger charge is -2.03. The molecule has 2 rings (SSSR count). The van der Waals surface area contributed by atoms with E-state index in [0.717, 1.165) is 6.54 Å². The number of fused-ring (bicyclic) bond motifs is 1. The zero-order valence-corrected chi connectivity index (χ0v) is 11.4. The van der Waals surface area contributed by atoms with Gasteiger partial charge in [0.25, 0.3) is 0 Å². The minimum absolute atomic E-state index is 0.964. The second-order valence-corrected chi connectivity index (χ2v) is 3.70. The minimum atomic E-state index is 0.964. The fourth-order valence-corrected chi connectivity index (χ4v) is 1.82. The van der Waals surface area contributed by atoms with Gasteiger partial charge >= 0.3 is 0 Å². The molecule has 0 saturated carbocycles. The van der Waals surface area contributed by atoms with E-state index in [-0.39, 0.29) is 0 Å². The van der Waals surface area contributed by atoms with Gasteiger partial charge in [0.05, 0.1) is 6.20 Å². The summed E-state index contributed by atoms with van der Waals surface area (Å²) in [4.78, 5) is 0. The molecule has 0 amide bonds. The smallest absolute Gasteiger partial charge is 0.106 e. The summed E-state index contributed by atoms with van der Waals surface area (Å²) in [5, 5.41) is 4.80. The predicted octanol–water partition coefficient (Wildman–Crippen LogP) is 3.46. The largest absolute Gasteiger partial charge is 0.316 e. The van der Waals surface area contributed by atoms with Crippen LogP contribution in [0.5, 0.6) is 0 Å². The van der Waals surface area contributed by atoms with Gasteiger partial charge in [-0.15, -0.1) is 11.6 Å². The highest BCUT2D eigenvalue weighted by Crippen LogP contribution is 2.17. The Balaban J connectivity index is 0.000000771. The number of nitrogens with two attached hydrogens (primary N) is 1. The maximum atomic E-state index is 4.64. The van der Waals surface area contributed by atoms with Crippen LogP contribution in [0, 0.1) is 0 Å². The molecule has 0 aromatic heterocycles. The number of halogens is 1. The summed E-state index contributed by atoms with van der Waals surface area (Å²) >= 11 is 4.64. The third-order valence-electron chi connectivity index (χ3n) is 2.60. The molecular weight excluding hydrogens is 242 g/mol. The van der Waals surface area contributed by atoms with Crippen LogP contribution in [0.25, 0.3) is 10.8 Å². The van der Waals surface area contributed by atoms with Crippen molar-refractivity contribution in [3.05, 3.63) is 73.0 Å². The lowest BCUT2D eigenvalue weighted by Crippen LogP contribution is -2.76. The normalized spacial score (nSPS) is 10.1. The van der Waals surface area contributed by atoms with Crippen molar-refractivity contribution in [2.24, 2.45) is 0 Å². The number of allylic oxidation sites excluding steroid dienone is 2. The van der Waals surface area contributed by atoms with Gasteiger partial charge in [-0.2, -0.15) is 0 Å². The van der Waals surface area contributed by atoms with Gasteiger partial charge in [0.1, 0.15) is 6.54 Å². The van der Waals surface area contributed by atoms with Gasteiger partial charge in [-0.1, -0.05) is 55.1 Å². The van der Waals surface area contributed by atoms with Crippen LogP contribution in [0.1, 0.15) is 5.56 Å². The summed E-state index contributed by atoms with van der Waals surface area (Å²) in [7, 11) is 0. The maximum absolute atomic E-state index is 4.64. The van der Waals surface area contributed by atoms with Crippen LogP contribution in [0.3, 0.4) is 0 Å². The molecule has 2 heteroatoms. The predicted molar refractivity (Wildman–Crippen MR) is 80.7 cm³/mol. The summed E-state index contributed by atoms with van der Waals surface area (Å²) < 4.78 is 0. The van der Waals surface area contributed by atoms with Gasteiger partial charge in [0, 0.05) is 11.9 Å². The number of rotatable bonds is 4. The Morgan fingerprint density at radius 1 is 1.11 bits per heavy atom. The molecule has 2 aromatic rings. The van der Waals surface area contributed by atoms with E-state index >= 15 is 0 Å².